The van der Waals surface area contributed by atoms with E-state index in [-0.39, 0.29) is 5.56 Å². The molecule has 0 bridgehead atoms. The molecule has 0 atom stereocenters. The zero-order valence-electron chi connectivity index (χ0n) is 14.4. The van der Waals surface area contributed by atoms with Crippen molar-refractivity contribution in [3.05, 3.63) is 65.6 Å². The number of fused-ring (bicyclic) bond motifs is 1. The lowest BCUT2D eigenvalue weighted by Crippen LogP contribution is -2.03. The maximum Gasteiger partial charge on any atom is 0.264 e. The van der Waals surface area contributed by atoms with E-state index in [0.717, 1.165) is 5.56 Å². The number of alkyl halides is 2. The van der Waals surface area contributed by atoms with E-state index in [1.807, 2.05) is 30.3 Å². The minimum atomic E-state index is -2.61. The minimum Gasteiger partial charge on any atom is -0.275 e. The van der Waals surface area contributed by atoms with Crippen molar-refractivity contribution in [2.24, 2.45) is 7.05 Å². The fourth-order valence-electron chi connectivity index (χ4n) is 3.13. The summed E-state index contributed by atoms with van der Waals surface area (Å²) in [6.07, 6.45) is 0.770. The SMILES string of the molecule is Cc1nn(Cc2ccccc2)c2nc(-c3cnn(C)c3)cc(C(F)F)c12. The summed E-state index contributed by atoms with van der Waals surface area (Å²) in [6.45, 7) is 2.21. The van der Waals surface area contributed by atoms with Crippen LogP contribution < -0.4 is 0 Å². The van der Waals surface area contributed by atoms with E-state index < -0.39 is 6.43 Å². The lowest BCUT2D eigenvalue weighted by molar-refractivity contribution is 0.153. The summed E-state index contributed by atoms with van der Waals surface area (Å²) < 4.78 is 30.8. The Kier molecular flexibility index (Phi) is 3.99. The van der Waals surface area contributed by atoms with Gasteiger partial charge in [0, 0.05) is 24.4 Å². The molecule has 5 nitrogen and oxygen atoms in total. The van der Waals surface area contributed by atoms with Crippen LogP contribution in [0.5, 0.6) is 0 Å². The molecule has 7 heteroatoms. The molecule has 0 N–H and O–H groups in total. The number of hydrogen-bond donors (Lipinski definition) is 0. The second kappa shape index (κ2) is 6.33. The fourth-order valence-corrected chi connectivity index (χ4v) is 3.13. The third kappa shape index (κ3) is 2.85. The molecule has 0 radical (unpaired) electrons. The van der Waals surface area contributed by atoms with Crippen LogP contribution in [0.1, 0.15) is 23.2 Å². The average molecular weight is 353 g/mol. The Morgan fingerprint density at radius 3 is 2.58 bits per heavy atom. The second-order valence-electron chi connectivity index (χ2n) is 6.23. The number of pyridine rings is 1. The zero-order valence-corrected chi connectivity index (χ0v) is 14.4. The van der Waals surface area contributed by atoms with Crippen LogP contribution in [-0.4, -0.2) is 24.5 Å². The maximum atomic E-state index is 13.7. The Morgan fingerprint density at radius 2 is 1.92 bits per heavy atom. The summed E-state index contributed by atoms with van der Waals surface area (Å²) in [7, 11) is 1.78. The second-order valence-corrected chi connectivity index (χ2v) is 6.23. The van der Waals surface area contributed by atoms with Crippen molar-refractivity contribution in [1.82, 2.24) is 24.5 Å². The van der Waals surface area contributed by atoms with E-state index >= 15 is 0 Å². The molecule has 0 fully saturated rings. The smallest absolute Gasteiger partial charge is 0.264 e. The third-order valence-electron chi connectivity index (χ3n) is 4.32. The van der Waals surface area contributed by atoms with Crippen LogP contribution in [0.3, 0.4) is 0 Å². The quantitative estimate of drug-likeness (QED) is 0.554. The predicted octanol–water partition coefficient (Wildman–Crippen LogP) is 4.13. The van der Waals surface area contributed by atoms with Crippen LogP contribution in [0.25, 0.3) is 22.3 Å². The highest BCUT2D eigenvalue weighted by atomic mass is 19.3. The molecule has 0 unspecified atom stereocenters. The summed E-state index contributed by atoms with van der Waals surface area (Å²) in [6, 6.07) is 11.2. The van der Waals surface area contributed by atoms with E-state index in [9.17, 15) is 8.78 Å². The monoisotopic (exact) mass is 353 g/mol. The normalized spacial score (nSPS) is 11.6. The Hall–Kier alpha value is -3.09. The van der Waals surface area contributed by atoms with Crippen molar-refractivity contribution in [2.75, 3.05) is 0 Å². The highest BCUT2D eigenvalue weighted by Crippen LogP contribution is 2.33. The number of hydrogen-bond acceptors (Lipinski definition) is 3. The van der Waals surface area contributed by atoms with Crippen LogP contribution >= 0.6 is 0 Å². The zero-order chi connectivity index (χ0) is 18.3. The van der Waals surface area contributed by atoms with Gasteiger partial charge in [-0.05, 0) is 18.6 Å². The molecule has 0 aliphatic heterocycles. The Bertz CT molecular complexity index is 1070. The Balaban J connectivity index is 1.92. The van der Waals surface area contributed by atoms with Crippen LogP contribution in [0.4, 0.5) is 8.78 Å². The van der Waals surface area contributed by atoms with Gasteiger partial charge in [0.1, 0.15) is 0 Å². The van der Waals surface area contributed by atoms with Gasteiger partial charge in [0.15, 0.2) is 5.65 Å². The first kappa shape index (κ1) is 16.4. The lowest BCUT2D eigenvalue weighted by Gasteiger charge is -2.08. The highest BCUT2D eigenvalue weighted by molar-refractivity contribution is 5.85. The van der Waals surface area contributed by atoms with E-state index in [4.69, 9.17) is 0 Å². The van der Waals surface area contributed by atoms with Crippen molar-refractivity contribution in [1.29, 1.82) is 0 Å². The number of benzene rings is 1. The van der Waals surface area contributed by atoms with Gasteiger partial charge in [-0.1, -0.05) is 30.3 Å². The predicted molar refractivity (Wildman–Crippen MR) is 95.0 cm³/mol. The molecule has 0 aliphatic rings. The molecule has 0 aliphatic carbocycles. The molecule has 0 amide bonds. The maximum absolute atomic E-state index is 13.7. The number of halogens is 2. The van der Waals surface area contributed by atoms with Gasteiger partial charge in [-0.2, -0.15) is 10.2 Å². The molecule has 0 saturated heterocycles. The molecule has 132 valence electrons. The third-order valence-corrected chi connectivity index (χ3v) is 4.32. The molecular formula is C19H17F2N5. The summed E-state index contributed by atoms with van der Waals surface area (Å²) >= 11 is 0. The fraction of sp³-hybridized carbons (Fsp3) is 0.211. The minimum absolute atomic E-state index is 0.0503. The standard InChI is InChI=1S/C19H17F2N5/c1-12-17-15(18(20)21)8-16(14-9-22-25(2)11-14)23-19(17)26(24-12)10-13-6-4-3-5-7-13/h3-9,11,18H,10H2,1-2H3. The summed E-state index contributed by atoms with van der Waals surface area (Å²) in [4.78, 5) is 4.63. The number of rotatable bonds is 4. The Morgan fingerprint density at radius 1 is 1.15 bits per heavy atom. The molecule has 26 heavy (non-hydrogen) atoms. The van der Waals surface area contributed by atoms with Gasteiger partial charge in [0.25, 0.3) is 6.43 Å². The number of aryl methyl sites for hydroxylation is 2. The van der Waals surface area contributed by atoms with Crippen molar-refractivity contribution in [3.63, 3.8) is 0 Å². The Labute approximate surface area is 148 Å². The lowest BCUT2D eigenvalue weighted by atomic mass is 10.1. The van der Waals surface area contributed by atoms with Gasteiger partial charge in [-0.15, -0.1) is 0 Å². The molecule has 4 aromatic rings. The summed E-state index contributed by atoms with van der Waals surface area (Å²) in [5.41, 5.74) is 3.16. The highest BCUT2D eigenvalue weighted by Gasteiger charge is 2.21. The first-order valence-electron chi connectivity index (χ1n) is 8.22. The molecule has 1 aromatic carbocycles. The largest absolute Gasteiger partial charge is 0.275 e. The van der Waals surface area contributed by atoms with Crippen molar-refractivity contribution in [3.8, 4) is 11.3 Å². The molecule has 4 rings (SSSR count). The molecule has 3 aromatic heterocycles. The van der Waals surface area contributed by atoms with E-state index in [1.165, 1.54) is 6.07 Å². The average Bonchev–Trinajstić information content (AvgIpc) is 3.19. The molecular weight excluding hydrogens is 336 g/mol. The van der Waals surface area contributed by atoms with E-state index in [0.29, 0.717) is 34.5 Å². The van der Waals surface area contributed by atoms with Crippen molar-refractivity contribution in [2.45, 2.75) is 19.9 Å². The summed E-state index contributed by atoms with van der Waals surface area (Å²) in [5.74, 6) is 0. The van der Waals surface area contributed by atoms with Crippen LogP contribution in [-0.2, 0) is 13.6 Å². The molecule has 0 saturated carbocycles. The first-order chi connectivity index (χ1) is 12.5. The van der Waals surface area contributed by atoms with Gasteiger partial charge in [-0.25, -0.2) is 18.4 Å². The van der Waals surface area contributed by atoms with Gasteiger partial charge in [-0.3, -0.25) is 4.68 Å². The van der Waals surface area contributed by atoms with Crippen molar-refractivity contribution >= 4 is 11.0 Å². The van der Waals surface area contributed by atoms with Crippen LogP contribution in [0, 0.1) is 6.92 Å². The van der Waals surface area contributed by atoms with Crippen molar-refractivity contribution < 1.29 is 8.78 Å². The number of nitrogens with zero attached hydrogens (tertiary/aromatic N) is 5. The number of aromatic nitrogens is 5. The topological polar surface area (TPSA) is 48.5 Å². The van der Waals surface area contributed by atoms with E-state index in [1.54, 1.807) is 35.7 Å². The first-order valence-corrected chi connectivity index (χ1v) is 8.22. The van der Waals surface area contributed by atoms with Gasteiger partial charge in [0.2, 0.25) is 0 Å². The van der Waals surface area contributed by atoms with Gasteiger partial charge < -0.3 is 0 Å². The molecule has 0 spiro atoms. The van der Waals surface area contributed by atoms with E-state index in [2.05, 4.69) is 15.2 Å². The van der Waals surface area contributed by atoms with Crippen LogP contribution in [0.2, 0.25) is 0 Å². The van der Waals surface area contributed by atoms with Gasteiger partial charge in [0.05, 0.1) is 29.5 Å². The summed E-state index contributed by atoms with van der Waals surface area (Å²) in [5, 5.41) is 9.00. The van der Waals surface area contributed by atoms with Crippen LogP contribution in [0.15, 0.2) is 48.8 Å². The van der Waals surface area contributed by atoms with Gasteiger partial charge >= 0.3 is 0 Å². The molecule has 3 heterocycles.